The van der Waals surface area contributed by atoms with E-state index in [1.165, 1.54) is 0 Å². The van der Waals surface area contributed by atoms with E-state index >= 15 is 0 Å². The molecule has 0 heterocycles. The summed E-state index contributed by atoms with van der Waals surface area (Å²) < 4.78 is 13.1. The van der Waals surface area contributed by atoms with Gasteiger partial charge in [0.2, 0.25) is 0 Å². The number of hydrogen-bond donors (Lipinski definition) is 1. The Kier molecular flexibility index (Phi) is 4.71. The summed E-state index contributed by atoms with van der Waals surface area (Å²) >= 11 is 6.34. The van der Waals surface area contributed by atoms with Crippen LogP contribution >= 0.6 is 23.4 Å². The van der Waals surface area contributed by atoms with Crippen molar-refractivity contribution in [2.45, 2.75) is 11.3 Å². The van der Waals surface area contributed by atoms with Crippen LogP contribution in [0.5, 0.6) is 0 Å². The molecule has 0 saturated carbocycles. The highest BCUT2D eigenvalue weighted by molar-refractivity contribution is 7.99. The van der Waals surface area contributed by atoms with Gasteiger partial charge in [-0.1, -0.05) is 11.6 Å². The summed E-state index contributed by atoms with van der Waals surface area (Å²) in [6.07, 6.45) is -0.161. The number of thioether (sulfide) groups is 1. The lowest BCUT2D eigenvalue weighted by Crippen LogP contribution is -1.97. The summed E-state index contributed by atoms with van der Waals surface area (Å²) in [5.74, 6) is -1.67. The molecule has 0 aliphatic rings. The highest BCUT2D eigenvalue weighted by Crippen LogP contribution is 2.33. The molecular formula is C9H7ClFNO4S. The Bertz CT molecular complexity index is 469. The molecule has 5 nitrogen and oxygen atoms in total. The van der Waals surface area contributed by atoms with Gasteiger partial charge in [0.1, 0.15) is 5.82 Å². The van der Waals surface area contributed by atoms with Crippen molar-refractivity contribution in [1.82, 2.24) is 0 Å². The fourth-order valence-electron chi connectivity index (χ4n) is 1.02. The summed E-state index contributed by atoms with van der Waals surface area (Å²) in [7, 11) is 0. The molecule has 0 spiro atoms. The number of carbonyl (C=O) groups is 1. The molecular weight excluding hydrogens is 273 g/mol. The van der Waals surface area contributed by atoms with Crippen LogP contribution < -0.4 is 0 Å². The number of nitrogens with zero attached hydrogens (tertiary/aromatic N) is 1. The second-order valence-electron chi connectivity index (χ2n) is 2.98. The van der Waals surface area contributed by atoms with E-state index in [2.05, 4.69) is 0 Å². The molecule has 0 aliphatic carbocycles. The van der Waals surface area contributed by atoms with Crippen LogP contribution in [0.4, 0.5) is 10.1 Å². The van der Waals surface area contributed by atoms with Crippen LogP contribution in [0, 0.1) is 15.9 Å². The first-order chi connectivity index (χ1) is 7.91. The first-order valence-corrected chi connectivity index (χ1v) is 5.76. The first-order valence-electron chi connectivity index (χ1n) is 4.40. The third-order valence-electron chi connectivity index (χ3n) is 1.77. The van der Waals surface area contributed by atoms with Gasteiger partial charge in [0.25, 0.3) is 5.69 Å². The van der Waals surface area contributed by atoms with E-state index in [9.17, 15) is 19.3 Å². The van der Waals surface area contributed by atoms with Crippen molar-refractivity contribution >= 4 is 35.0 Å². The Balaban J connectivity index is 2.92. The van der Waals surface area contributed by atoms with Crippen molar-refractivity contribution in [1.29, 1.82) is 0 Å². The molecule has 0 aromatic heterocycles. The Morgan fingerprint density at radius 2 is 2.24 bits per heavy atom. The van der Waals surface area contributed by atoms with Crippen LogP contribution in [0.1, 0.15) is 6.42 Å². The number of carboxylic acid groups (broad SMARTS) is 1. The standard InChI is InChI=1S/C9H7ClFNO4S/c10-5-3-7(12(15)16)8(4-6(5)11)17-2-1-9(13)14/h3-4H,1-2H2,(H,13,14). The fourth-order valence-corrected chi connectivity index (χ4v) is 2.15. The van der Waals surface area contributed by atoms with E-state index in [0.717, 1.165) is 23.9 Å². The Morgan fingerprint density at radius 3 is 2.76 bits per heavy atom. The number of nitro groups is 1. The van der Waals surface area contributed by atoms with Crippen LogP contribution in [0.2, 0.25) is 5.02 Å². The number of benzene rings is 1. The number of carboxylic acids is 1. The zero-order valence-electron chi connectivity index (χ0n) is 8.35. The van der Waals surface area contributed by atoms with Crippen molar-refractivity contribution in [3.8, 4) is 0 Å². The van der Waals surface area contributed by atoms with E-state index in [1.54, 1.807) is 0 Å². The van der Waals surface area contributed by atoms with Gasteiger partial charge >= 0.3 is 5.97 Å². The van der Waals surface area contributed by atoms with Crippen molar-refractivity contribution in [2.24, 2.45) is 0 Å². The molecule has 1 aromatic carbocycles. The van der Waals surface area contributed by atoms with Crippen molar-refractivity contribution in [3.63, 3.8) is 0 Å². The van der Waals surface area contributed by atoms with E-state index in [-0.39, 0.29) is 27.8 Å². The second kappa shape index (κ2) is 5.83. The lowest BCUT2D eigenvalue weighted by atomic mass is 10.3. The molecule has 0 bridgehead atoms. The SMILES string of the molecule is O=C(O)CCSc1cc(F)c(Cl)cc1[N+](=O)[O-]. The second-order valence-corrected chi connectivity index (χ2v) is 4.53. The highest BCUT2D eigenvalue weighted by Gasteiger charge is 2.18. The third-order valence-corrected chi connectivity index (χ3v) is 3.11. The van der Waals surface area contributed by atoms with Crippen LogP contribution in [0.3, 0.4) is 0 Å². The maximum absolute atomic E-state index is 13.1. The average Bonchev–Trinajstić information content (AvgIpc) is 2.22. The number of nitro benzene ring substituents is 1. The van der Waals surface area contributed by atoms with Crippen molar-refractivity contribution < 1.29 is 19.2 Å². The zero-order valence-corrected chi connectivity index (χ0v) is 9.92. The van der Waals surface area contributed by atoms with Gasteiger partial charge in [-0.2, -0.15) is 0 Å². The molecule has 1 N–H and O–H groups in total. The predicted octanol–water partition coefficient (Wildman–Crippen LogP) is 2.95. The summed E-state index contributed by atoms with van der Waals surface area (Å²) in [5.41, 5.74) is -0.327. The quantitative estimate of drug-likeness (QED) is 0.509. The van der Waals surface area contributed by atoms with E-state index in [1.807, 2.05) is 0 Å². The highest BCUT2D eigenvalue weighted by atomic mass is 35.5. The smallest absolute Gasteiger partial charge is 0.304 e. The Hall–Kier alpha value is -1.34. The minimum atomic E-state index is -1.02. The van der Waals surface area contributed by atoms with Crippen LogP contribution in [0.25, 0.3) is 0 Å². The fraction of sp³-hybridized carbons (Fsp3) is 0.222. The maximum atomic E-state index is 13.1. The summed E-state index contributed by atoms with van der Waals surface area (Å²) in [4.78, 5) is 20.3. The van der Waals surface area contributed by atoms with E-state index < -0.39 is 16.7 Å². The molecule has 8 heteroatoms. The molecule has 0 atom stereocenters. The van der Waals surface area contributed by atoms with Gasteiger partial charge < -0.3 is 5.11 Å². The molecule has 92 valence electrons. The van der Waals surface area contributed by atoms with Crippen LogP contribution in [-0.2, 0) is 4.79 Å². The zero-order chi connectivity index (χ0) is 13.0. The summed E-state index contributed by atoms with van der Waals surface area (Å²) in [6, 6.07) is 1.85. The Morgan fingerprint density at radius 1 is 1.59 bits per heavy atom. The Labute approximate surface area is 105 Å². The molecule has 0 fully saturated rings. The molecule has 0 amide bonds. The number of aliphatic carboxylic acids is 1. The lowest BCUT2D eigenvalue weighted by Gasteiger charge is -2.03. The minimum absolute atomic E-state index is 0.0677. The van der Waals surface area contributed by atoms with Crippen LogP contribution in [-0.4, -0.2) is 21.8 Å². The van der Waals surface area contributed by atoms with Gasteiger partial charge in [-0.3, -0.25) is 14.9 Å². The summed E-state index contributed by atoms with van der Waals surface area (Å²) in [6.45, 7) is 0. The van der Waals surface area contributed by atoms with Gasteiger partial charge in [-0.05, 0) is 6.07 Å². The molecule has 0 saturated heterocycles. The minimum Gasteiger partial charge on any atom is -0.481 e. The monoisotopic (exact) mass is 279 g/mol. The van der Waals surface area contributed by atoms with Gasteiger partial charge in [0.15, 0.2) is 0 Å². The number of hydrogen-bond acceptors (Lipinski definition) is 4. The van der Waals surface area contributed by atoms with Gasteiger partial charge in [-0.25, -0.2) is 4.39 Å². The van der Waals surface area contributed by atoms with Gasteiger partial charge in [-0.15, -0.1) is 11.8 Å². The topological polar surface area (TPSA) is 80.4 Å². The average molecular weight is 280 g/mol. The predicted molar refractivity (Wildman–Crippen MR) is 61.0 cm³/mol. The molecule has 0 unspecified atom stereocenters. The van der Waals surface area contributed by atoms with Gasteiger partial charge in [0, 0.05) is 11.8 Å². The molecule has 0 aliphatic heterocycles. The number of rotatable bonds is 5. The maximum Gasteiger partial charge on any atom is 0.304 e. The van der Waals surface area contributed by atoms with Crippen molar-refractivity contribution in [2.75, 3.05) is 5.75 Å². The van der Waals surface area contributed by atoms with E-state index in [0.29, 0.717) is 0 Å². The molecule has 1 aromatic rings. The molecule has 1 rings (SSSR count). The van der Waals surface area contributed by atoms with Gasteiger partial charge in [0.05, 0.1) is 21.3 Å². The van der Waals surface area contributed by atoms with Crippen molar-refractivity contribution in [3.05, 3.63) is 33.1 Å². The summed E-state index contributed by atoms with van der Waals surface area (Å²) in [5, 5.41) is 18.8. The van der Waals surface area contributed by atoms with E-state index in [4.69, 9.17) is 16.7 Å². The molecule has 0 radical (unpaired) electrons. The number of halogens is 2. The molecule has 17 heavy (non-hydrogen) atoms. The first kappa shape index (κ1) is 13.7. The van der Waals surface area contributed by atoms with Crippen LogP contribution in [0.15, 0.2) is 17.0 Å². The normalized spacial score (nSPS) is 10.2. The largest absolute Gasteiger partial charge is 0.481 e. The third kappa shape index (κ3) is 3.86. The lowest BCUT2D eigenvalue weighted by molar-refractivity contribution is -0.387.